The number of carbonyl (C=O) groups is 3. The molecule has 0 bridgehead atoms. The van der Waals surface area contributed by atoms with Gasteiger partial charge in [0.1, 0.15) is 5.78 Å². The maximum atomic E-state index is 11.4. The molecule has 0 fully saturated rings. The highest BCUT2D eigenvalue weighted by atomic mass is 32.2. The van der Waals surface area contributed by atoms with E-state index in [9.17, 15) is 22.8 Å². The molecule has 0 atom stereocenters. The van der Waals surface area contributed by atoms with Crippen LogP contribution in [0.3, 0.4) is 0 Å². The molecule has 1 aliphatic rings. The molecule has 0 aromatic carbocycles. The average Bonchev–Trinajstić information content (AvgIpc) is 2.38. The molecule has 0 saturated heterocycles. The number of imide groups is 1. The van der Waals surface area contributed by atoms with Gasteiger partial charge >= 0.3 is 0 Å². The van der Waals surface area contributed by atoms with E-state index in [1.807, 2.05) is 0 Å². The summed E-state index contributed by atoms with van der Waals surface area (Å²) < 4.78 is 30.0. The first-order valence-corrected chi connectivity index (χ1v) is 5.72. The van der Waals surface area contributed by atoms with E-state index < -0.39 is 26.8 Å². The predicted molar refractivity (Wildman–Crippen MR) is 51.6 cm³/mol. The second kappa shape index (κ2) is 4.14. The molecule has 8 heteroatoms. The van der Waals surface area contributed by atoms with Crippen LogP contribution >= 0.6 is 0 Å². The largest absolute Gasteiger partial charge is 0.300 e. The zero-order valence-corrected chi connectivity index (χ0v) is 9.15. The molecule has 1 rings (SSSR count). The van der Waals surface area contributed by atoms with Crippen LogP contribution in [0, 0.1) is 0 Å². The molecule has 0 aromatic heterocycles. The van der Waals surface area contributed by atoms with E-state index in [1.165, 1.54) is 6.92 Å². The molecule has 88 valence electrons. The Labute approximate surface area is 91.5 Å². The van der Waals surface area contributed by atoms with Gasteiger partial charge in [0.25, 0.3) is 21.9 Å². The van der Waals surface area contributed by atoms with Gasteiger partial charge in [0.15, 0.2) is 4.91 Å². The van der Waals surface area contributed by atoms with Crippen molar-refractivity contribution in [3.63, 3.8) is 0 Å². The summed E-state index contributed by atoms with van der Waals surface area (Å²) in [6.45, 7) is 1.09. The summed E-state index contributed by atoms with van der Waals surface area (Å²) in [4.78, 5) is 32.9. The number of nitrogens with zero attached hydrogens (tertiary/aromatic N) is 1. The third-order valence-electron chi connectivity index (χ3n) is 1.94. The Balaban J connectivity index is 2.87. The lowest BCUT2D eigenvalue weighted by Gasteiger charge is -2.12. The number of Topliss-reactive ketones (excluding diaryl/α,β-unsaturated/α-hetero) is 1. The second-order valence-electron chi connectivity index (χ2n) is 3.23. The maximum absolute atomic E-state index is 11.4. The molecule has 0 aliphatic carbocycles. The molecule has 0 aromatic rings. The normalized spacial score (nSPS) is 16.6. The summed E-state index contributed by atoms with van der Waals surface area (Å²) in [5.41, 5.74) is 0. The number of hydrogen-bond acceptors (Lipinski definition) is 5. The van der Waals surface area contributed by atoms with Gasteiger partial charge in [-0.1, -0.05) is 0 Å². The maximum Gasteiger partial charge on any atom is 0.300 e. The first-order valence-electron chi connectivity index (χ1n) is 4.28. The lowest BCUT2D eigenvalue weighted by Crippen LogP contribution is -2.33. The molecule has 0 unspecified atom stereocenters. The third kappa shape index (κ3) is 2.52. The monoisotopic (exact) mass is 247 g/mol. The van der Waals surface area contributed by atoms with Crippen molar-refractivity contribution < 1.29 is 27.4 Å². The topological polar surface area (TPSA) is 109 Å². The molecule has 2 amide bonds. The molecule has 0 saturated carbocycles. The Morgan fingerprint density at radius 2 is 2.00 bits per heavy atom. The van der Waals surface area contributed by atoms with Crippen molar-refractivity contribution in [2.45, 2.75) is 13.3 Å². The standard InChI is InChI=1S/C8H9NO6S/c1-5(10)2-3-9-7(11)4-6(8(9)12)16(13,14)15/h4H,2-3H2,1H3,(H,13,14,15). The quantitative estimate of drug-likeness (QED) is 0.509. The molecule has 16 heavy (non-hydrogen) atoms. The van der Waals surface area contributed by atoms with Gasteiger partial charge in [0.05, 0.1) is 0 Å². The van der Waals surface area contributed by atoms with Crippen LogP contribution in [-0.2, 0) is 24.5 Å². The highest BCUT2D eigenvalue weighted by Gasteiger charge is 2.37. The number of amides is 2. The van der Waals surface area contributed by atoms with Gasteiger partial charge in [-0.3, -0.25) is 23.8 Å². The average molecular weight is 247 g/mol. The minimum Gasteiger partial charge on any atom is -0.300 e. The Hall–Kier alpha value is -1.54. The van der Waals surface area contributed by atoms with Gasteiger partial charge in [-0.25, -0.2) is 0 Å². The Kier molecular flexibility index (Phi) is 3.24. The summed E-state index contributed by atoms with van der Waals surface area (Å²) >= 11 is 0. The van der Waals surface area contributed by atoms with Crippen LogP contribution in [0.5, 0.6) is 0 Å². The van der Waals surface area contributed by atoms with Crippen LogP contribution < -0.4 is 0 Å². The van der Waals surface area contributed by atoms with Crippen LogP contribution in [0.25, 0.3) is 0 Å². The molecule has 1 aliphatic heterocycles. The predicted octanol–water partition coefficient (Wildman–Crippen LogP) is -0.894. The van der Waals surface area contributed by atoms with Gasteiger partial charge in [0, 0.05) is 19.0 Å². The SMILES string of the molecule is CC(=O)CCN1C(=O)C=C(S(=O)(=O)O)C1=O. The van der Waals surface area contributed by atoms with Crippen LogP contribution in [0.1, 0.15) is 13.3 Å². The Morgan fingerprint density at radius 1 is 1.44 bits per heavy atom. The Morgan fingerprint density at radius 3 is 2.38 bits per heavy atom. The minimum absolute atomic E-state index is 0.0515. The number of carbonyl (C=O) groups excluding carboxylic acids is 3. The van der Waals surface area contributed by atoms with E-state index in [0.717, 1.165) is 0 Å². The van der Waals surface area contributed by atoms with Crippen molar-refractivity contribution in [2.75, 3.05) is 6.54 Å². The summed E-state index contributed by atoms with van der Waals surface area (Å²) in [6, 6.07) is 0. The van der Waals surface area contributed by atoms with E-state index in [-0.39, 0.29) is 18.7 Å². The first kappa shape index (κ1) is 12.5. The van der Waals surface area contributed by atoms with E-state index >= 15 is 0 Å². The van der Waals surface area contributed by atoms with Gasteiger partial charge in [-0.05, 0) is 6.92 Å². The lowest BCUT2D eigenvalue weighted by molar-refractivity contribution is -0.137. The third-order valence-corrected chi connectivity index (χ3v) is 2.79. The zero-order chi connectivity index (χ0) is 12.5. The molecular formula is C8H9NO6S. The molecule has 7 nitrogen and oxygen atoms in total. The van der Waals surface area contributed by atoms with Crippen molar-refractivity contribution in [3.8, 4) is 0 Å². The summed E-state index contributed by atoms with van der Waals surface area (Å²) in [5, 5.41) is 0. The minimum atomic E-state index is -4.69. The van der Waals surface area contributed by atoms with Gasteiger partial charge < -0.3 is 0 Å². The van der Waals surface area contributed by atoms with Crippen LogP contribution in [0.4, 0.5) is 0 Å². The van der Waals surface area contributed by atoms with Gasteiger partial charge in [-0.15, -0.1) is 0 Å². The molecule has 0 spiro atoms. The summed E-state index contributed by atoms with van der Waals surface area (Å²) in [5.74, 6) is -2.19. The number of hydrogen-bond donors (Lipinski definition) is 1. The number of rotatable bonds is 4. The second-order valence-corrected chi connectivity index (χ2v) is 4.62. The smallest absolute Gasteiger partial charge is 0.300 e. The van der Waals surface area contributed by atoms with Crippen molar-refractivity contribution in [3.05, 3.63) is 11.0 Å². The molecule has 0 radical (unpaired) electrons. The number of ketones is 1. The summed E-state index contributed by atoms with van der Waals surface area (Å²) in [6.07, 6.45) is 0.488. The van der Waals surface area contributed by atoms with E-state index in [2.05, 4.69) is 0 Å². The highest BCUT2D eigenvalue weighted by Crippen LogP contribution is 2.17. The van der Waals surface area contributed by atoms with Crippen molar-refractivity contribution in [1.82, 2.24) is 4.90 Å². The fourth-order valence-corrected chi connectivity index (χ4v) is 1.73. The van der Waals surface area contributed by atoms with E-state index in [0.29, 0.717) is 11.0 Å². The van der Waals surface area contributed by atoms with Crippen molar-refractivity contribution in [2.24, 2.45) is 0 Å². The van der Waals surface area contributed by atoms with Crippen LogP contribution in [-0.4, -0.2) is 42.0 Å². The van der Waals surface area contributed by atoms with Crippen LogP contribution in [0.2, 0.25) is 0 Å². The van der Waals surface area contributed by atoms with E-state index in [1.54, 1.807) is 0 Å². The Bertz CT molecular complexity index is 489. The van der Waals surface area contributed by atoms with Gasteiger partial charge in [-0.2, -0.15) is 8.42 Å². The fourth-order valence-electron chi connectivity index (χ4n) is 1.15. The molecule has 1 N–H and O–H groups in total. The fraction of sp³-hybridized carbons (Fsp3) is 0.375. The van der Waals surface area contributed by atoms with Crippen molar-refractivity contribution in [1.29, 1.82) is 0 Å². The molecular weight excluding hydrogens is 238 g/mol. The zero-order valence-electron chi connectivity index (χ0n) is 8.34. The summed E-state index contributed by atoms with van der Waals surface area (Å²) in [7, 11) is -4.69. The lowest BCUT2D eigenvalue weighted by atomic mass is 10.3. The highest BCUT2D eigenvalue weighted by molar-refractivity contribution is 7.90. The van der Waals surface area contributed by atoms with Gasteiger partial charge in [0.2, 0.25) is 0 Å². The first-order chi connectivity index (χ1) is 7.23. The molecule has 1 heterocycles. The van der Waals surface area contributed by atoms with Crippen molar-refractivity contribution >= 4 is 27.7 Å². The van der Waals surface area contributed by atoms with Crippen LogP contribution in [0.15, 0.2) is 11.0 Å². The van der Waals surface area contributed by atoms with E-state index in [4.69, 9.17) is 4.55 Å².